The number of benzene rings is 1. The second kappa shape index (κ2) is 7.99. The lowest BCUT2D eigenvalue weighted by molar-refractivity contribution is 0.0933. The zero-order valence-corrected chi connectivity index (χ0v) is 15.3. The van der Waals surface area contributed by atoms with Gasteiger partial charge in [0.1, 0.15) is 18.0 Å². The summed E-state index contributed by atoms with van der Waals surface area (Å²) in [6, 6.07) is 9.10. The predicted molar refractivity (Wildman–Crippen MR) is 107 cm³/mol. The van der Waals surface area contributed by atoms with Crippen molar-refractivity contribution in [2.75, 3.05) is 23.7 Å². The van der Waals surface area contributed by atoms with E-state index in [-0.39, 0.29) is 11.9 Å². The van der Waals surface area contributed by atoms with Crippen LogP contribution in [0, 0.1) is 0 Å². The Hall–Kier alpha value is -3.55. The van der Waals surface area contributed by atoms with Crippen LogP contribution in [-0.4, -0.2) is 45.0 Å². The van der Waals surface area contributed by atoms with Crippen molar-refractivity contribution in [2.24, 2.45) is 0 Å². The van der Waals surface area contributed by atoms with Crippen molar-refractivity contribution in [1.82, 2.24) is 25.3 Å². The van der Waals surface area contributed by atoms with Crippen LogP contribution in [0.5, 0.6) is 0 Å². The number of carbonyl (C=O) groups excluding carboxylic acids is 1. The zero-order chi connectivity index (χ0) is 19.3. The predicted octanol–water partition coefficient (Wildman–Crippen LogP) is 1.91. The van der Waals surface area contributed by atoms with Gasteiger partial charge in [0, 0.05) is 48.7 Å². The van der Waals surface area contributed by atoms with E-state index < -0.39 is 0 Å². The fraction of sp³-hybridized carbons (Fsp3) is 0.250. The first-order valence-electron chi connectivity index (χ1n) is 9.19. The van der Waals surface area contributed by atoms with Gasteiger partial charge in [0.2, 0.25) is 0 Å². The number of nitrogens with two attached hydrogens (primary N) is 1. The number of nitrogens with zero attached hydrogens (tertiary/aromatic N) is 5. The third-order valence-electron chi connectivity index (χ3n) is 4.76. The Bertz CT molecular complexity index is 946. The molecule has 4 rings (SSSR count). The lowest BCUT2D eigenvalue weighted by Gasteiger charge is -2.33. The summed E-state index contributed by atoms with van der Waals surface area (Å²) in [6.07, 6.45) is 8.47. The van der Waals surface area contributed by atoms with Crippen LogP contribution < -0.4 is 16.0 Å². The van der Waals surface area contributed by atoms with Gasteiger partial charge in [0.15, 0.2) is 0 Å². The van der Waals surface area contributed by atoms with E-state index in [2.05, 4.69) is 30.2 Å². The Balaban J connectivity index is 1.40. The Morgan fingerprint density at radius 1 is 1.14 bits per heavy atom. The molecular formula is C20H21N7O. The minimum Gasteiger partial charge on any atom is -0.384 e. The van der Waals surface area contributed by atoms with Crippen LogP contribution in [0.3, 0.4) is 0 Å². The van der Waals surface area contributed by atoms with E-state index in [0.717, 1.165) is 43.0 Å². The fourth-order valence-electron chi connectivity index (χ4n) is 3.35. The summed E-state index contributed by atoms with van der Waals surface area (Å²) < 4.78 is 0. The van der Waals surface area contributed by atoms with Crippen molar-refractivity contribution in [3.05, 3.63) is 60.8 Å². The average Bonchev–Trinajstić information content (AvgIpc) is 2.75. The number of nitrogens with one attached hydrogen (secondary N) is 1. The number of rotatable bonds is 4. The first kappa shape index (κ1) is 17.8. The molecule has 0 saturated carbocycles. The van der Waals surface area contributed by atoms with E-state index in [1.54, 1.807) is 36.8 Å². The molecule has 1 aromatic carbocycles. The number of aromatic nitrogens is 4. The minimum atomic E-state index is -0.0836. The van der Waals surface area contributed by atoms with E-state index in [1.165, 1.54) is 6.33 Å². The molecule has 8 heteroatoms. The second-order valence-electron chi connectivity index (χ2n) is 6.73. The highest BCUT2D eigenvalue weighted by Gasteiger charge is 2.22. The van der Waals surface area contributed by atoms with E-state index in [4.69, 9.17) is 5.73 Å². The Kier molecular flexibility index (Phi) is 5.09. The molecular weight excluding hydrogens is 354 g/mol. The van der Waals surface area contributed by atoms with E-state index in [0.29, 0.717) is 11.4 Å². The molecule has 1 atom stereocenters. The first-order chi connectivity index (χ1) is 13.7. The largest absolute Gasteiger partial charge is 0.384 e. The van der Waals surface area contributed by atoms with Crippen LogP contribution in [0.25, 0.3) is 11.3 Å². The molecule has 0 aliphatic carbocycles. The monoisotopic (exact) mass is 375 g/mol. The molecule has 8 nitrogen and oxygen atoms in total. The Morgan fingerprint density at radius 2 is 2.00 bits per heavy atom. The van der Waals surface area contributed by atoms with Crippen molar-refractivity contribution in [1.29, 1.82) is 0 Å². The minimum absolute atomic E-state index is 0.0737. The van der Waals surface area contributed by atoms with Crippen LogP contribution in [0.2, 0.25) is 0 Å². The molecule has 3 N–H and O–H groups in total. The molecule has 3 heterocycles. The van der Waals surface area contributed by atoms with Gasteiger partial charge in [-0.3, -0.25) is 9.78 Å². The highest BCUT2D eigenvalue weighted by atomic mass is 16.1. The zero-order valence-electron chi connectivity index (χ0n) is 15.3. The van der Waals surface area contributed by atoms with Crippen molar-refractivity contribution in [3.8, 4) is 11.3 Å². The highest BCUT2D eigenvalue weighted by molar-refractivity contribution is 5.94. The fourth-order valence-corrected chi connectivity index (χ4v) is 3.35. The molecule has 1 aliphatic rings. The lowest BCUT2D eigenvalue weighted by Crippen LogP contribution is -2.48. The van der Waals surface area contributed by atoms with Crippen molar-refractivity contribution < 1.29 is 4.79 Å². The molecule has 3 aromatic rings. The van der Waals surface area contributed by atoms with Crippen LogP contribution in [0.4, 0.5) is 11.6 Å². The molecule has 28 heavy (non-hydrogen) atoms. The summed E-state index contributed by atoms with van der Waals surface area (Å²) in [5.41, 5.74) is 7.93. The standard InChI is InChI=1S/C20H21N7O/c21-18-10-17(24-13-25-18)14-3-5-15(6-4-14)20(28)26-16-2-1-9-27(12-16)19-11-22-7-8-23-19/h3-8,10-11,13,16H,1-2,9,12H2,(H,26,28)(H2,21,24,25)/t16-/m1/s1. The topological polar surface area (TPSA) is 110 Å². The Labute approximate surface area is 162 Å². The summed E-state index contributed by atoms with van der Waals surface area (Å²) in [4.78, 5) is 31.4. The number of hydrogen-bond donors (Lipinski definition) is 2. The van der Waals surface area contributed by atoms with Gasteiger partial charge >= 0.3 is 0 Å². The number of anilines is 2. The van der Waals surface area contributed by atoms with Gasteiger partial charge in [-0.1, -0.05) is 12.1 Å². The van der Waals surface area contributed by atoms with Gasteiger partial charge in [-0.15, -0.1) is 0 Å². The third-order valence-corrected chi connectivity index (χ3v) is 4.76. The third kappa shape index (κ3) is 4.06. The van der Waals surface area contributed by atoms with Crippen LogP contribution in [-0.2, 0) is 0 Å². The molecule has 2 aromatic heterocycles. The molecule has 0 spiro atoms. The quantitative estimate of drug-likeness (QED) is 0.717. The van der Waals surface area contributed by atoms with Gasteiger partial charge in [-0.05, 0) is 25.0 Å². The number of carbonyl (C=O) groups is 1. The van der Waals surface area contributed by atoms with Gasteiger partial charge in [0.25, 0.3) is 5.91 Å². The van der Waals surface area contributed by atoms with E-state index >= 15 is 0 Å². The summed E-state index contributed by atoms with van der Waals surface area (Å²) in [5, 5.41) is 3.13. The first-order valence-corrected chi connectivity index (χ1v) is 9.19. The highest BCUT2D eigenvalue weighted by Crippen LogP contribution is 2.19. The Morgan fingerprint density at radius 3 is 2.75 bits per heavy atom. The average molecular weight is 375 g/mol. The summed E-state index contributed by atoms with van der Waals surface area (Å²) in [6.45, 7) is 1.64. The van der Waals surface area contributed by atoms with E-state index in [9.17, 15) is 4.79 Å². The second-order valence-corrected chi connectivity index (χ2v) is 6.73. The molecule has 0 bridgehead atoms. The maximum Gasteiger partial charge on any atom is 0.251 e. The van der Waals surface area contributed by atoms with Crippen LogP contribution >= 0.6 is 0 Å². The molecule has 1 fully saturated rings. The molecule has 1 aliphatic heterocycles. The number of amides is 1. The maximum atomic E-state index is 12.7. The summed E-state index contributed by atoms with van der Waals surface area (Å²) >= 11 is 0. The number of hydrogen-bond acceptors (Lipinski definition) is 7. The molecule has 0 unspecified atom stereocenters. The maximum absolute atomic E-state index is 12.7. The van der Waals surface area contributed by atoms with Gasteiger partial charge < -0.3 is 16.0 Å². The van der Waals surface area contributed by atoms with Crippen LogP contribution in [0.1, 0.15) is 23.2 Å². The number of piperidine rings is 1. The van der Waals surface area contributed by atoms with Crippen molar-refractivity contribution in [3.63, 3.8) is 0 Å². The molecule has 0 radical (unpaired) electrons. The lowest BCUT2D eigenvalue weighted by atomic mass is 10.0. The van der Waals surface area contributed by atoms with E-state index in [1.807, 2.05) is 12.1 Å². The van der Waals surface area contributed by atoms with Crippen molar-refractivity contribution >= 4 is 17.5 Å². The molecule has 142 valence electrons. The van der Waals surface area contributed by atoms with Gasteiger partial charge in [-0.2, -0.15) is 0 Å². The molecule has 1 amide bonds. The SMILES string of the molecule is Nc1cc(-c2ccc(C(=O)N[C@@H]3CCCN(c4cnccn4)C3)cc2)ncn1. The van der Waals surface area contributed by atoms with Gasteiger partial charge in [0.05, 0.1) is 11.9 Å². The smallest absolute Gasteiger partial charge is 0.251 e. The number of nitrogen functional groups attached to an aromatic ring is 1. The normalized spacial score (nSPS) is 16.6. The van der Waals surface area contributed by atoms with Crippen LogP contribution in [0.15, 0.2) is 55.2 Å². The summed E-state index contributed by atoms with van der Waals surface area (Å²) in [5.74, 6) is 1.17. The molecule has 1 saturated heterocycles. The van der Waals surface area contributed by atoms with Gasteiger partial charge in [-0.25, -0.2) is 15.0 Å². The van der Waals surface area contributed by atoms with Crippen molar-refractivity contribution in [2.45, 2.75) is 18.9 Å². The summed E-state index contributed by atoms with van der Waals surface area (Å²) in [7, 11) is 0.